The number of nitrogens with zero attached hydrogens (tertiary/aromatic N) is 3. The third kappa shape index (κ3) is 3.76. The fourth-order valence-corrected chi connectivity index (χ4v) is 4.59. The first-order valence-electron chi connectivity index (χ1n) is 8.23. The molecule has 2 aliphatic rings. The van der Waals surface area contributed by atoms with Crippen molar-refractivity contribution in [3.63, 3.8) is 0 Å². The summed E-state index contributed by atoms with van der Waals surface area (Å²) in [5, 5.41) is 0. The van der Waals surface area contributed by atoms with Crippen molar-refractivity contribution in [2.24, 2.45) is 0 Å². The van der Waals surface area contributed by atoms with E-state index >= 15 is 0 Å². The van der Waals surface area contributed by atoms with Crippen molar-refractivity contribution in [2.75, 3.05) is 45.8 Å². The molecule has 0 aromatic heterocycles. The van der Waals surface area contributed by atoms with Crippen LogP contribution in [0.2, 0.25) is 0 Å². The van der Waals surface area contributed by atoms with Crippen molar-refractivity contribution in [1.29, 1.82) is 0 Å². The number of carbonyl (C=O) groups is 1. The Kier molecular flexibility index (Phi) is 5.17. The Morgan fingerprint density at radius 1 is 0.958 bits per heavy atom. The normalized spacial score (nSPS) is 20.5. The lowest BCUT2D eigenvalue weighted by Gasteiger charge is -2.34. The van der Waals surface area contributed by atoms with Gasteiger partial charge < -0.3 is 4.90 Å². The molecule has 0 aliphatic carbocycles. The van der Waals surface area contributed by atoms with Gasteiger partial charge in [0.15, 0.2) is 0 Å². The number of carbonyl (C=O) groups excluding carboxylic acids is 1. The Hall–Kier alpha value is -1.51. The van der Waals surface area contributed by atoms with Gasteiger partial charge >= 0.3 is 0 Å². The summed E-state index contributed by atoms with van der Waals surface area (Å²) >= 11 is 0. The first-order valence-corrected chi connectivity index (χ1v) is 9.67. The number of hydrogen-bond donors (Lipinski definition) is 0. The number of sulfonamides is 1. The maximum Gasteiger partial charge on any atom is 0.243 e. The topological polar surface area (TPSA) is 60.9 Å². The van der Waals surface area contributed by atoms with Gasteiger partial charge in [0.2, 0.25) is 15.9 Å². The van der Waals surface area contributed by atoms with Gasteiger partial charge in [-0.2, -0.15) is 4.31 Å². The maximum absolute atomic E-state index is 13.0. The molecule has 2 saturated heterocycles. The summed E-state index contributed by atoms with van der Waals surface area (Å²) in [5.74, 6) is -0.401. The van der Waals surface area contributed by atoms with Gasteiger partial charge in [-0.3, -0.25) is 9.69 Å². The molecule has 3 rings (SSSR count). The van der Waals surface area contributed by atoms with Gasteiger partial charge in [0.05, 0.1) is 11.4 Å². The quantitative estimate of drug-likeness (QED) is 0.800. The van der Waals surface area contributed by atoms with E-state index in [1.54, 1.807) is 4.90 Å². The Morgan fingerprint density at radius 3 is 2.12 bits per heavy atom. The lowest BCUT2D eigenvalue weighted by Crippen LogP contribution is -2.52. The zero-order valence-corrected chi connectivity index (χ0v) is 14.3. The number of benzene rings is 1. The standard InChI is InChI=1S/C16H22FN3O3S/c17-14-3-5-15(6-4-14)24(22,23)20-11-9-19(10-12-20)16(21)13-18-7-1-2-8-18/h3-6H,1-2,7-13H2. The van der Waals surface area contributed by atoms with Gasteiger partial charge in [-0.15, -0.1) is 0 Å². The maximum atomic E-state index is 13.0. The smallest absolute Gasteiger partial charge is 0.243 e. The van der Waals surface area contributed by atoms with Gasteiger partial charge in [-0.1, -0.05) is 0 Å². The largest absolute Gasteiger partial charge is 0.339 e. The molecule has 2 aliphatic heterocycles. The van der Waals surface area contributed by atoms with Gasteiger partial charge in [0.1, 0.15) is 5.82 Å². The average molecular weight is 355 g/mol. The minimum absolute atomic E-state index is 0.0655. The van der Waals surface area contributed by atoms with E-state index in [1.165, 1.54) is 16.4 Å². The highest BCUT2D eigenvalue weighted by atomic mass is 32.2. The van der Waals surface area contributed by atoms with E-state index in [2.05, 4.69) is 4.90 Å². The second-order valence-electron chi connectivity index (χ2n) is 6.22. The van der Waals surface area contributed by atoms with Gasteiger partial charge in [0.25, 0.3) is 0 Å². The van der Waals surface area contributed by atoms with Gasteiger partial charge in [0, 0.05) is 26.2 Å². The van der Waals surface area contributed by atoms with E-state index in [0.717, 1.165) is 38.1 Å². The van der Waals surface area contributed by atoms with Crippen LogP contribution in [0.25, 0.3) is 0 Å². The number of piperazine rings is 1. The second-order valence-corrected chi connectivity index (χ2v) is 8.16. The van der Waals surface area contributed by atoms with Crippen molar-refractivity contribution in [1.82, 2.24) is 14.1 Å². The lowest BCUT2D eigenvalue weighted by molar-refractivity contribution is -0.133. The fourth-order valence-electron chi connectivity index (χ4n) is 3.17. The summed E-state index contributed by atoms with van der Waals surface area (Å²) in [5.41, 5.74) is 0. The number of amides is 1. The van der Waals surface area contributed by atoms with Gasteiger partial charge in [-0.05, 0) is 50.2 Å². The van der Waals surface area contributed by atoms with Crippen molar-refractivity contribution >= 4 is 15.9 Å². The molecule has 1 amide bonds. The predicted molar refractivity (Wildman–Crippen MR) is 87.4 cm³/mol. The predicted octanol–water partition coefficient (Wildman–Crippen LogP) is 0.754. The molecule has 0 atom stereocenters. The third-order valence-electron chi connectivity index (χ3n) is 4.60. The van der Waals surface area contributed by atoms with Crippen LogP contribution in [0.3, 0.4) is 0 Å². The molecule has 0 unspecified atom stereocenters. The van der Waals surface area contributed by atoms with Crippen LogP contribution in [0.4, 0.5) is 4.39 Å². The van der Waals surface area contributed by atoms with Crippen molar-refractivity contribution < 1.29 is 17.6 Å². The molecule has 2 heterocycles. The Bertz CT molecular complexity index is 679. The molecule has 2 fully saturated rings. The molecule has 132 valence electrons. The molecule has 0 spiro atoms. The van der Waals surface area contributed by atoms with Crippen LogP contribution in [0.1, 0.15) is 12.8 Å². The number of rotatable bonds is 4. The highest BCUT2D eigenvalue weighted by Gasteiger charge is 2.30. The molecule has 0 saturated carbocycles. The first kappa shape index (κ1) is 17.3. The molecular weight excluding hydrogens is 333 g/mol. The summed E-state index contributed by atoms with van der Waals surface area (Å²) in [6.07, 6.45) is 2.27. The molecule has 24 heavy (non-hydrogen) atoms. The van der Waals surface area contributed by atoms with E-state index in [9.17, 15) is 17.6 Å². The second kappa shape index (κ2) is 7.16. The van der Waals surface area contributed by atoms with Crippen LogP contribution in [0, 0.1) is 5.82 Å². The van der Waals surface area contributed by atoms with Gasteiger partial charge in [-0.25, -0.2) is 12.8 Å². The Labute approximate surface area is 141 Å². The molecule has 0 radical (unpaired) electrons. The van der Waals surface area contributed by atoms with Crippen LogP contribution in [0.5, 0.6) is 0 Å². The third-order valence-corrected chi connectivity index (χ3v) is 6.51. The highest BCUT2D eigenvalue weighted by molar-refractivity contribution is 7.89. The minimum atomic E-state index is -3.63. The summed E-state index contributed by atoms with van der Waals surface area (Å²) in [7, 11) is -3.63. The summed E-state index contributed by atoms with van der Waals surface area (Å²) < 4.78 is 39.4. The molecule has 8 heteroatoms. The SMILES string of the molecule is O=C(CN1CCCC1)N1CCN(S(=O)(=O)c2ccc(F)cc2)CC1. The van der Waals surface area contributed by atoms with Crippen molar-refractivity contribution in [3.05, 3.63) is 30.1 Å². The first-order chi connectivity index (χ1) is 11.5. The zero-order valence-electron chi connectivity index (χ0n) is 13.5. The fraction of sp³-hybridized carbons (Fsp3) is 0.562. The van der Waals surface area contributed by atoms with E-state index in [-0.39, 0.29) is 23.9 Å². The van der Waals surface area contributed by atoms with Crippen LogP contribution in [-0.2, 0) is 14.8 Å². The number of likely N-dealkylation sites (tertiary alicyclic amines) is 1. The van der Waals surface area contributed by atoms with Crippen LogP contribution in [0.15, 0.2) is 29.2 Å². The minimum Gasteiger partial charge on any atom is -0.339 e. The van der Waals surface area contributed by atoms with Crippen LogP contribution < -0.4 is 0 Å². The average Bonchev–Trinajstić information content (AvgIpc) is 3.08. The van der Waals surface area contributed by atoms with Crippen LogP contribution in [-0.4, -0.2) is 74.2 Å². The van der Waals surface area contributed by atoms with Crippen LogP contribution >= 0.6 is 0 Å². The number of hydrogen-bond acceptors (Lipinski definition) is 4. The molecule has 0 bridgehead atoms. The Morgan fingerprint density at radius 2 is 1.54 bits per heavy atom. The number of halogens is 1. The Balaban J connectivity index is 1.57. The zero-order chi connectivity index (χ0) is 17.2. The van der Waals surface area contributed by atoms with Crippen molar-refractivity contribution in [2.45, 2.75) is 17.7 Å². The monoisotopic (exact) mass is 355 g/mol. The summed E-state index contributed by atoms with van der Waals surface area (Å²) in [6.45, 7) is 3.68. The summed E-state index contributed by atoms with van der Waals surface area (Å²) in [4.78, 5) is 16.3. The van der Waals surface area contributed by atoms with E-state index < -0.39 is 15.8 Å². The molecule has 1 aromatic rings. The van der Waals surface area contributed by atoms with Crippen molar-refractivity contribution in [3.8, 4) is 0 Å². The van der Waals surface area contributed by atoms with E-state index in [4.69, 9.17) is 0 Å². The van der Waals surface area contributed by atoms with E-state index in [1.807, 2.05) is 0 Å². The summed E-state index contributed by atoms with van der Waals surface area (Å²) in [6, 6.07) is 4.83. The molecule has 6 nitrogen and oxygen atoms in total. The van der Waals surface area contributed by atoms with E-state index in [0.29, 0.717) is 19.6 Å². The lowest BCUT2D eigenvalue weighted by atomic mass is 10.3. The highest BCUT2D eigenvalue weighted by Crippen LogP contribution is 2.18. The molecule has 0 N–H and O–H groups in total. The molecular formula is C16H22FN3O3S. The molecule has 1 aromatic carbocycles.